The second-order valence-corrected chi connectivity index (χ2v) is 8.47. The molecule has 0 aliphatic heterocycles. The number of carboxylic acids is 1. The fourth-order valence-electron chi connectivity index (χ4n) is 3.86. The van der Waals surface area contributed by atoms with Crippen molar-refractivity contribution >= 4 is 38.4 Å². The van der Waals surface area contributed by atoms with Crippen molar-refractivity contribution in [2.75, 3.05) is 0 Å². The molecule has 5 rings (SSSR count). The van der Waals surface area contributed by atoms with E-state index in [4.69, 9.17) is 0 Å². The quantitative estimate of drug-likeness (QED) is 0.332. The molecule has 0 aliphatic rings. The number of halogens is 3. The normalized spacial score (nSPS) is 11.5. The summed E-state index contributed by atoms with van der Waals surface area (Å²) in [6.07, 6.45) is 1.95. The van der Waals surface area contributed by atoms with Gasteiger partial charge in [-0.2, -0.15) is 0 Å². The summed E-state index contributed by atoms with van der Waals surface area (Å²) in [7, 11) is 0. The molecule has 2 aromatic heterocycles. The first-order chi connectivity index (χ1) is 15.4. The Labute approximate surface area is 184 Å². The molecule has 8 heteroatoms. The molecule has 0 bridgehead atoms. The van der Waals surface area contributed by atoms with Gasteiger partial charge in [-0.05, 0) is 22.8 Å². The van der Waals surface area contributed by atoms with Crippen LogP contribution in [0.5, 0.6) is 0 Å². The van der Waals surface area contributed by atoms with E-state index in [0.717, 1.165) is 38.9 Å². The number of nitrogens with zero attached hydrogens (tertiary/aromatic N) is 2. The molecule has 0 radical (unpaired) electrons. The Balaban J connectivity index is 1.61. The van der Waals surface area contributed by atoms with Gasteiger partial charge in [0.15, 0.2) is 11.6 Å². The minimum Gasteiger partial charge on any atom is -0.480 e. The summed E-state index contributed by atoms with van der Waals surface area (Å²) in [6.45, 7) is -0.233. The molecule has 0 unspecified atom stereocenters. The fraction of sp³-hybridized carbons (Fsp3) is 0.0833. The van der Waals surface area contributed by atoms with Crippen LogP contribution >= 0.6 is 11.3 Å². The third kappa shape index (κ3) is 3.52. The van der Waals surface area contributed by atoms with Gasteiger partial charge < -0.3 is 9.67 Å². The van der Waals surface area contributed by atoms with Crippen molar-refractivity contribution in [3.05, 3.63) is 88.8 Å². The molecule has 5 aromatic rings. The molecule has 0 fully saturated rings. The summed E-state index contributed by atoms with van der Waals surface area (Å²) in [5.41, 5.74) is 3.10. The Kier molecular flexibility index (Phi) is 4.94. The first kappa shape index (κ1) is 20.3. The lowest BCUT2D eigenvalue weighted by molar-refractivity contribution is -0.137. The zero-order chi connectivity index (χ0) is 22.4. The number of aliphatic carboxylic acids is 1. The molecular weight excluding hydrogens is 437 g/mol. The minimum absolute atomic E-state index is 0.0421. The van der Waals surface area contributed by atoms with Gasteiger partial charge in [0.05, 0.1) is 9.71 Å². The molecule has 160 valence electrons. The predicted octanol–water partition coefficient (Wildman–Crippen LogP) is 6.01. The van der Waals surface area contributed by atoms with Gasteiger partial charge >= 0.3 is 5.97 Å². The van der Waals surface area contributed by atoms with Crippen LogP contribution in [0.2, 0.25) is 0 Å². The van der Waals surface area contributed by atoms with E-state index in [1.165, 1.54) is 0 Å². The molecule has 0 atom stereocenters. The maximum atomic E-state index is 14.1. The topological polar surface area (TPSA) is 55.1 Å². The highest BCUT2D eigenvalue weighted by molar-refractivity contribution is 7.18. The Hall–Kier alpha value is -3.65. The second kappa shape index (κ2) is 7.80. The molecule has 4 nitrogen and oxygen atoms in total. The van der Waals surface area contributed by atoms with Gasteiger partial charge in [-0.3, -0.25) is 4.79 Å². The summed E-state index contributed by atoms with van der Waals surface area (Å²) < 4.78 is 43.3. The number of aromatic nitrogens is 2. The highest BCUT2D eigenvalue weighted by Gasteiger charge is 2.19. The summed E-state index contributed by atoms with van der Waals surface area (Å²) in [5, 5.41) is 10.6. The largest absolute Gasteiger partial charge is 0.480 e. The first-order valence-corrected chi connectivity index (χ1v) is 10.5. The van der Waals surface area contributed by atoms with Gasteiger partial charge in [-0.15, -0.1) is 11.3 Å². The third-order valence-corrected chi connectivity index (χ3v) is 6.34. The number of thiazole rings is 1. The number of carboxylic acid groups (broad SMARTS) is 1. The van der Waals surface area contributed by atoms with E-state index in [1.807, 2.05) is 48.5 Å². The van der Waals surface area contributed by atoms with E-state index in [9.17, 15) is 23.1 Å². The second-order valence-electron chi connectivity index (χ2n) is 7.39. The monoisotopic (exact) mass is 452 g/mol. The summed E-state index contributed by atoms with van der Waals surface area (Å²) in [6, 6.07) is 16.0. The van der Waals surface area contributed by atoms with Gasteiger partial charge in [0, 0.05) is 29.6 Å². The van der Waals surface area contributed by atoms with Crippen LogP contribution in [0, 0.1) is 17.5 Å². The maximum absolute atomic E-state index is 14.1. The van der Waals surface area contributed by atoms with E-state index in [2.05, 4.69) is 4.98 Å². The van der Waals surface area contributed by atoms with Crippen molar-refractivity contribution in [1.29, 1.82) is 0 Å². The lowest BCUT2D eigenvalue weighted by Crippen LogP contribution is -2.07. The first-order valence-electron chi connectivity index (χ1n) is 9.72. The third-order valence-electron chi connectivity index (χ3n) is 5.28. The summed E-state index contributed by atoms with van der Waals surface area (Å²) in [4.78, 5) is 15.5. The minimum atomic E-state index is -1.28. The Morgan fingerprint density at radius 2 is 1.78 bits per heavy atom. The molecule has 1 N–H and O–H groups in total. The van der Waals surface area contributed by atoms with Gasteiger partial charge in [-0.1, -0.05) is 42.5 Å². The molecule has 0 saturated heterocycles. The van der Waals surface area contributed by atoms with Crippen molar-refractivity contribution in [1.82, 2.24) is 9.55 Å². The van der Waals surface area contributed by atoms with Crippen molar-refractivity contribution in [3.8, 4) is 11.1 Å². The highest BCUT2D eigenvalue weighted by atomic mass is 32.1. The van der Waals surface area contributed by atoms with Crippen molar-refractivity contribution in [3.63, 3.8) is 0 Å². The smallest absolute Gasteiger partial charge is 0.323 e. The van der Waals surface area contributed by atoms with Crippen LogP contribution in [-0.2, 0) is 17.8 Å². The van der Waals surface area contributed by atoms with Crippen molar-refractivity contribution in [2.45, 2.75) is 13.0 Å². The molecule has 0 amide bonds. The van der Waals surface area contributed by atoms with E-state index in [-0.39, 0.29) is 23.2 Å². The van der Waals surface area contributed by atoms with Crippen molar-refractivity contribution < 1.29 is 23.1 Å². The summed E-state index contributed by atoms with van der Waals surface area (Å²) >= 11 is 0.955. The molecule has 0 saturated carbocycles. The lowest BCUT2D eigenvalue weighted by Gasteiger charge is -2.05. The molecule has 3 aromatic carbocycles. The van der Waals surface area contributed by atoms with Gasteiger partial charge in [-0.25, -0.2) is 18.2 Å². The SMILES string of the molecule is O=C(O)Cn1cc(Cc2nc3c(F)c(F)cc(F)c3s2)c2ccc(-c3ccccc3)cc21. The number of rotatable bonds is 5. The number of hydrogen-bond acceptors (Lipinski definition) is 3. The van der Waals surface area contributed by atoms with E-state index in [1.54, 1.807) is 10.8 Å². The van der Waals surface area contributed by atoms with E-state index < -0.39 is 23.4 Å². The average molecular weight is 452 g/mol. The predicted molar refractivity (Wildman–Crippen MR) is 117 cm³/mol. The number of hydrogen-bond donors (Lipinski definition) is 1. The molecule has 32 heavy (non-hydrogen) atoms. The highest BCUT2D eigenvalue weighted by Crippen LogP contribution is 2.33. The molecule has 2 heterocycles. The van der Waals surface area contributed by atoms with Crippen LogP contribution in [0.3, 0.4) is 0 Å². The number of fused-ring (bicyclic) bond motifs is 2. The van der Waals surface area contributed by atoms with Crippen LogP contribution in [0.15, 0.2) is 60.8 Å². The van der Waals surface area contributed by atoms with Crippen LogP contribution in [-0.4, -0.2) is 20.6 Å². The number of carbonyl (C=O) groups is 1. The van der Waals surface area contributed by atoms with Crippen LogP contribution in [0.4, 0.5) is 13.2 Å². The fourth-order valence-corrected chi connectivity index (χ4v) is 4.85. The van der Waals surface area contributed by atoms with Crippen LogP contribution < -0.4 is 0 Å². The molecule has 0 aliphatic carbocycles. The van der Waals surface area contributed by atoms with Gasteiger partial charge in [0.25, 0.3) is 0 Å². The van der Waals surface area contributed by atoms with Crippen LogP contribution in [0.1, 0.15) is 10.6 Å². The lowest BCUT2D eigenvalue weighted by atomic mass is 10.0. The average Bonchev–Trinajstić information content (AvgIpc) is 3.35. The van der Waals surface area contributed by atoms with Crippen molar-refractivity contribution in [2.24, 2.45) is 0 Å². The van der Waals surface area contributed by atoms with Crippen LogP contribution in [0.25, 0.3) is 32.2 Å². The Bertz CT molecular complexity index is 1490. The zero-order valence-electron chi connectivity index (χ0n) is 16.5. The van der Waals surface area contributed by atoms with E-state index >= 15 is 0 Å². The Morgan fingerprint density at radius 1 is 1.00 bits per heavy atom. The standard InChI is InChI=1S/C24H15F3N2O2S/c25-17-10-18(26)24-23(22(17)27)28-20(32-24)9-15-11-29(12-21(30)31)19-8-14(6-7-16(15)19)13-4-2-1-3-5-13/h1-8,10-11H,9,12H2,(H,30,31). The molecular formula is C24H15F3N2O2S. The van der Waals surface area contributed by atoms with E-state index in [0.29, 0.717) is 11.1 Å². The maximum Gasteiger partial charge on any atom is 0.323 e. The van der Waals surface area contributed by atoms with Gasteiger partial charge in [0.2, 0.25) is 0 Å². The summed E-state index contributed by atoms with van der Waals surface area (Å²) in [5.74, 6) is -4.30. The number of benzene rings is 3. The zero-order valence-corrected chi connectivity index (χ0v) is 17.3. The molecule has 0 spiro atoms. The van der Waals surface area contributed by atoms with Gasteiger partial charge in [0.1, 0.15) is 17.9 Å². The Morgan fingerprint density at radius 3 is 2.53 bits per heavy atom.